The number of hydrogen-bond donors (Lipinski definition) is 2. The third kappa shape index (κ3) is 7.00. The maximum atomic E-state index is 11.7. The van der Waals surface area contributed by atoms with Crippen LogP contribution < -0.4 is 0 Å². The summed E-state index contributed by atoms with van der Waals surface area (Å²) in [6.45, 7) is 8.58. The van der Waals surface area contributed by atoms with Crippen molar-refractivity contribution in [3.05, 3.63) is 12.7 Å². The minimum Gasteiger partial charge on any atom is -0.462 e. The van der Waals surface area contributed by atoms with Crippen molar-refractivity contribution < 1.29 is 29.2 Å². The third-order valence-electron chi connectivity index (χ3n) is 2.75. The third-order valence-corrected chi connectivity index (χ3v) is 2.75. The van der Waals surface area contributed by atoms with Crippen molar-refractivity contribution in [1.29, 1.82) is 0 Å². The Labute approximate surface area is 120 Å². The van der Waals surface area contributed by atoms with Crippen molar-refractivity contribution in [2.75, 3.05) is 33.0 Å². The number of hydrogen-bond acceptors (Lipinski definition) is 6. The van der Waals surface area contributed by atoms with Crippen LogP contribution in [0.4, 0.5) is 0 Å². The van der Waals surface area contributed by atoms with E-state index in [1.165, 1.54) is 6.92 Å². The SMILES string of the molecule is C=CCOC(C)COC(C)COC(=O)C(C)(CO)CO. The highest BCUT2D eigenvalue weighted by molar-refractivity contribution is 5.76. The predicted molar refractivity (Wildman–Crippen MR) is 74.3 cm³/mol. The number of carbonyl (C=O) groups excluding carboxylic acids is 1. The molecule has 20 heavy (non-hydrogen) atoms. The van der Waals surface area contributed by atoms with Gasteiger partial charge in [0, 0.05) is 0 Å². The molecule has 2 unspecified atom stereocenters. The van der Waals surface area contributed by atoms with Crippen molar-refractivity contribution in [1.82, 2.24) is 0 Å². The smallest absolute Gasteiger partial charge is 0.316 e. The van der Waals surface area contributed by atoms with Crippen LogP contribution in [0.5, 0.6) is 0 Å². The Kier molecular flexibility index (Phi) is 9.41. The molecule has 2 atom stereocenters. The molecule has 6 heteroatoms. The molecule has 0 aromatic carbocycles. The summed E-state index contributed by atoms with van der Waals surface area (Å²) in [4.78, 5) is 11.7. The van der Waals surface area contributed by atoms with Gasteiger partial charge in [0.1, 0.15) is 12.0 Å². The van der Waals surface area contributed by atoms with Crippen LogP contribution >= 0.6 is 0 Å². The van der Waals surface area contributed by atoms with E-state index in [9.17, 15) is 4.79 Å². The summed E-state index contributed by atoms with van der Waals surface area (Å²) in [5, 5.41) is 18.1. The topological polar surface area (TPSA) is 85.2 Å². The van der Waals surface area contributed by atoms with Gasteiger partial charge in [-0.1, -0.05) is 6.08 Å². The summed E-state index contributed by atoms with van der Waals surface area (Å²) >= 11 is 0. The minimum absolute atomic E-state index is 0.0581. The first-order valence-electron chi connectivity index (χ1n) is 6.62. The number of ether oxygens (including phenoxy) is 3. The van der Waals surface area contributed by atoms with Gasteiger partial charge in [-0.05, 0) is 20.8 Å². The Bertz CT molecular complexity index is 287. The van der Waals surface area contributed by atoms with E-state index in [2.05, 4.69) is 6.58 Å². The number of aliphatic hydroxyl groups is 2. The first-order valence-corrected chi connectivity index (χ1v) is 6.62. The summed E-state index contributed by atoms with van der Waals surface area (Å²) in [5.41, 5.74) is -1.28. The van der Waals surface area contributed by atoms with E-state index >= 15 is 0 Å². The Morgan fingerprint density at radius 1 is 1.20 bits per heavy atom. The molecule has 0 aromatic heterocycles. The summed E-state index contributed by atoms with van der Waals surface area (Å²) in [7, 11) is 0. The number of rotatable bonds is 11. The average molecular weight is 290 g/mol. The van der Waals surface area contributed by atoms with Crippen LogP contribution in [0.3, 0.4) is 0 Å². The van der Waals surface area contributed by atoms with Crippen molar-refractivity contribution in [2.24, 2.45) is 5.41 Å². The highest BCUT2D eigenvalue weighted by Crippen LogP contribution is 2.16. The van der Waals surface area contributed by atoms with E-state index in [0.717, 1.165) is 0 Å². The molecule has 0 saturated carbocycles. The number of aliphatic hydroxyl groups excluding tert-OH is 2. The largest absolute Gasteiger partial charge is 0.462 e. The molecular weight excluding hydrogens is 264 g/mol. The number of carbonyl (C=O) groups is 1. The molecule has 0 rings (SSSR count). The van der Waals surface area contributed by atoms with E-state index in [0.29, 0.717) is 13.2 Å². The zero-order chi connectivity index (χ0) is 15.6. The molecule has 0 radical (unpaired) electrons. The van der Waals surface area contributed by atoms with E-state index in [4.69, 9.17) is 24.4 Å². The molecule has 0 spiro atoms. The summed E-state index contributed by atoms with van der Waals surface area (Å²) in [6.07, 6.45) is 1.29. The molecule has 0 amide bonds. The van der Waals surface area contributed by atoms with Crippen LogP contribution in [0.25, 0.3) is 0 Å². The Balaban J connectivity index is 3.96. The molecule has 118 valence electrons. The maximum Gasteiger partial charge on any atom is 0.316 e. The zero-order valence-electron chi connectivity index (χ0n) is 12.5. The van der Waals surface area contributed by atoms with Crippen LogP contribution in [0.1, 0.15) is 20.8 Å². The zero-order valence-corrected chi connectivity index (χ0v) is 12.5. The van der Waals surface area contributed by atoms with Gasteiger partial charge < -0.3 is 24.4 Å². The lowest BCUT2D eigenvalue weighted by atomic mass is 9.93. The molecule has 2 N–H and O–H groups in total. The molecule has 0 aliphatic rings. The monoisotopic (exact) mass is 290 g/mol. The Morgan fingerprint density at radius 2 is 1.75 bits per heavy atom. The summed E-state index contributed by atoms with van der Waals surface area (Å²) in [6, 6.07) is 0. The molecule has 0 bridgehead atoms. The van der Waals surface area contributed by atoms with Gasteiger partial charge >= 0.3 is 5.97 Å². The predicted octanol–water partition coefficient (Wildman–Crippen LogP) is 0.517. The molecule has 6 nitrogen and oxygen atoms in total. The molecule has 0 fully saturated rings. The number of esters is 1. The fourth-order valence-corrected chi connectivity index (χ4v) is 1.17. The van der Waals surface area contributed by atoms with Gasteiger partial charge in [0.25, 0.3) is 0 Å². The molecule has 0 saturated heterocycles. The van der Waals surface area contributed by atoms with Crippen LogP contribution in [-0.2, 0) is 19.0 Å². The molecule has 0 aliphatic carbocycles. The van der Waals surface area contributed by atoms with Crippen LogP contribution in [0.15, 0.2) is 12.7 Å². The van der Waals surface area contributed by atoms with Gasteiger partial charge in [-0.3, -0.25) is 4.79 Å². The quantitative estimate of drug-likeness (QED) is 0.426. The minimum atomic E-state index is -1.28. The first-order chi connectivity index (χ1) is 9.39. The van der Waals surface area contributed by atoms with Crippen molar-refractivity contribution in [3.8, 4) is 0 Å². The van der Waals surface area contributed by atoms with Crippen molar-refractivity contribution in [3.63, 3.8) is 0 Å². The fraction of sp³-hybridized carbons (Fsp3) is 0.786. The van der Waals surface area contributed by atoms with Crippen LogP contribution in [0.2, 0.25) is 0 Å². The molecule has 0 aliphatic heterocycles. The highest BCUT2D eigenvalue weighted by atomic mass is 16.6. The van der Waals surface area contributed by atoms with Gasteiger partial charge in [0.2, 0.25) is 0 Å². The van der Waals surface area contributed by atoms with Crippen molar-refractivity contribution >= 4 is 5.97 Å². The maximum absolute atomic E-state index is 11.7. The molecule has 0 heterocycles. The van der Waals surface area contributed by atoms with Crippen LogP contribution in [0, 0.1) is 5.41 Å². The lowest BCUT2D eigenvalue weighted by Crippen LogP contribution is -2.38. The summed E-state index contributed by atoms with van der Waals surface area (Å²) < 4.78 is 15.8. The van der Waals surface area contributed by atoms with Gasteiger partial charge in [0.15, 0.2) is 0 Å². The van der Waals surface area contributed by atoms with E-state index in [-0.39, 0.29) is 18.8 Å². The van der Waals surface area contributed by atoms with E-state index in [1.807, 2.05) is 6.92 Å². The Morgan fingerprint density at radius 3 is 2.25 bits per heavy atom. The fourth-order valence-electron chi connectivity index (χ4n) is 1.17. The molecular formula is C14H26O6. The highest BCUT2D eigenvalue weighted by Gasteiger charge is 2.33. The van der Waals surface area contributed by atoms with Crippen molar-refractivity contribution in [2.45, 2.75) is 33.0 Å². The van der Waals surface area contributed by atoms with E-state index < -0.39 is 24.6 Å². The van der Waals surface area contributed by atoms with Gasteiger partial charge in [0.05, 0.1) is 38.6 Å². The second kappa shape index (κ2) is 9.88. The Hall–Kier alpha value is -0.950. The second-order valence-corrected chi connectivity index (χ2v) is 5.05. The summed E-state index contributed by atoms with van der Waals surface area (Å²) in [5.74, 6) is -0.645. The van der Waals surface area contributed by atoms with Gasteiger partial charge in [-0.2, -0.15) is 0 Å². The second-order valence-electron chi connectivity index (χ2n) is 5.05. The lowest BCUT2D eigenvalue weighted by Gasteiger charge is -2.23. The molecule has 0 aromatic rings. The normalized spacial score (nSPS) is 14.7. The van der Waals surface area contributed by atoms with E-state index in [1.54, 1.807) is 13.0 Å². The lowest BCUT2D eigenvalue weighted by molar-refractivity contribution is -0.164. The first kappa shape index (κ1) is 19.1. The van der Waals surface area contributed by atoms with Gasteiger partial charge in [-0.15, -0.1) is 6.58 Å². The average Bonchev–Trinajstić information content (AvgIpc) is 2.47. The van der Waals surface area contributed by atoms with Crippen LogP contribution in [-0.4, -0.2) is 61.4 Å². The standard InChI is InChI=1S/C14H26O6/c1-5-6-18-11(2)7-19-12(3)8-20-13(17)14(4,9-15)10-16/h5,11-12,15-16H,1,6-10H2,2-4H3. The van der Waals surface area contributed by atoms with Gasteiger partial charge in [-0.25, -0.2) is 0 Å².